The minimum atomic E-state index is -0.0624. The molecule has 0 atom stereocenters. The molecule has 0 bridgehead atoms. The highest BCUT2D eigenvalue weighted by Gasteiger charge is 2.23. The minimum absolute atomic E-state index is 0. The van der Waals surface area contributed by atoms with Crippen LogP contribution in [-0.4, -0.2) is 47.6 Å². The first-order valence-corrected chi connectivity index (χ1v) is 10.2. The van der Waals surface area contributed by atoms with E-state index in [1.54, 1.807) is 0 Å². The molecule has 0 aliphatic heterocycles. The number of halogens is 1. The molecule has 8 heteroatoms. The molecule has 7 nitrogen and oxygen atoms in total. The Hall–Kier alpha value is -2.23. The van der Waals surface area contributed by atoms with Gasteiger partial charge in [-0.3, -0.25) is 4.79 Å². The Morgan fingerprint density at radius 1 is 1.30 bits per heavy atom. The summed E-state index contributed by atoms with van der Waals surface area (Å²) in [6, 6.07) is 12.3. The van der Waals surface area contributed by atoms with Crippen molar-refractivity contribution >= 4 is 35.8 Å². The number of hydrogen-bond acceptors (Lipinski definition) is 3. The molecule has 164 valence electrons. The van der Waals surface area contributed by atoms with Crippen LogP contribution in [0.5, 0.6) is 5.75 Å². The number of nitrogens with one attached hydrogen (secondary N) is 2. The number of aryl methyl sites for hydroxylation is 1. The van der Waals surface area contributed by atoms with E-state index in [9.17, 15) is 4.79 Å². The van der Waals surface area contributed by atoms with E-state index >= 15 is 0 Å². The van der Waals surface area contributed by atoms with Gasteiger partial charge in [-0.05, 0) is 49.6 Å². The zero-order valence-corrected chi connectivity index (χ0v) is 20.3. The van der Waals surface area contributed by atoms with Gasteiger partial charge in [0.25, 0.3) is 5.91 Å². The molecular formula is C22H32IN5O2. The molecule has 2 aromatic rings. The van der Waals surface area contributed by atoms with Crippen LogP contribution in [0.15, 0.2) is 47.6 Å². The molecule has 1 fully saturated rings. The lowest BCUT2D eigenvalue weighted by molar-refractivity contribution is -0.123. The molecule has 0 radical (unpaired) electrons. The summed E-state index contributed by atoms with van der Waals surface area (Å²) in [6.07, 6.45) is 4.20. The first-order valence-electron chi connectivity index (χ1n) is 10.2. The number of aliphatic imine (C=N–C) groups is 1. The van der Waals surface area contributed by atoms with Gasteiger partial charge < -0.3 is 24.8 Å². The first-order chi connectivity index (χ1) is 14.0. The van der Waals surface area contributed by atoms with Crippen LogP contribution in [0.4, 0.5) is 0 Å². The number of aromatic nitrogens is 1. The van der Waals surface area contributed by atoms with E-state index in [1.165, 1.54) is 5.69 Å². The maximum atomic E-state index is 11.8. The molecule has 2 N–H and O–H groups in total. The number of benzene rings is 1. The van der Waals surface area contributed by atoms with E-state index in [1.807, 2.05) is 50.6 Å². The van der Waals surface area contributed by atoms with E-state index in [0.717, 1.165) is 37.5 Å². The molecule has 1 aliphatic rings. The molecule has 1 aromatic carbocycles. The van der Waals surface area contributed by atoms with Gasteiger partial charge in [-0.25, -0.2) is 4.99 Å². The van der Waals surface area contributed by atoms with Crippen LogP contribution in [0.3, 0.4) is 0 Å². The number of ether oxygens (including phenoxy) is 1. The lowest BCUT2D eigenvalue weighted by atomic mass is 10.2. The van der Waals surface area contributed by atoms with E-state index in [0.29, 0.717) is 18.3 Å². The minimum Gasteiger partial charge on any atom is -0.484 e. The van der Waals surface area contributed by atoms with Gasteiger partial charge in [0.15, 0.2) is 12.6 Å². The number of rotatable bonds is 9. The Balaban J connectivity index is 0.00000320. The molecule has 3 rings (SSSR count). The summed E-state index contributed by atoms with van der Waals surface area (Å²) >= 11 is 0. The van der Waals surface area contributed by atoms with Gasteiger partial charge >= 0.3 is 0 Å². The van der Waals surface area contributed by atoms with Crippen molar-refractivity contribution in [2.45, 2.75) is 38.9 Å². The van der Waals surface area contributed by atoms with Crippen molar-refractivity contribution in [2.24, 2.45) is 12.0 Å². The monoisotopic (exact) mass is 525 g/mol. The number of carbonyl (C=O) groups is 1. The normalized spacial score (nSPS) is 13.4. The van der Waals surface area contributed by atoms with Gasteiger partial charge in [0.05, 0.1) is 13.1 Å². The Labute approximate surface area is 195 Å². The van der Waals surface area contributed by atoms with Gasteiger partial charge in [-0.1, -0.05) is 12.1 Å². The Bertz CT molecular complexity index is 848. The van der Waals surface area contributed by atoms with Crippen LogP contribution in [0.25, 0.3) is 0 Å². The lowest BCUT2D eigenvalue weighted by Crippen LogP contribution is -2.38. The van der Waals surface area contributed by atoms with Crippen molar-refractivity contribution in [1.82, 2.24) is 20.1 Å². The predicted octanol–water partition coefficient (Wildman–Crippen LogP) is 2.90. The molecular weight excluding hydrogens is 493 g/mol. The fraction of sp³-hybridized carbons (Fsp3) is 0.455. The summed E-state index contributed by atoms with van der Waals surface area (Å²) < 4.78 is 7.74. The number of hydrogen-bond donors (Lipinski definition) is 2. The van der Waals surface area contributed by atoms with Crippen molar-refractivity contribution in [3.05, 3.63) is 53.9 Å². The number of guanidine groups is 1. The van der Waals surface area contributed by atoms with Crippen LogP contribution in [0, 0.1) is 0 Å². The quantitative estimate of drug-likeness (QED) is 0.300. The molecule has 1 amide bonds. The van der Waals surface area contributed by atoms with Gasteiger partial charge in [-0.2, -0.15) is 0 Å². The third kappa shape index (κ3) is 7.55. The molecule has 1 aliphatic carbocycles. The van der Waals surface area contributed by atoms with Crippen LogP contribution >= 0.6 is 24.0 Å². The summed E-state index contributed by atoms with van der Waals surface area (Å²) in [5.74, 6) is 1.47. The van der Waals surface area contributed by atoms with E-state index < -0.39 is 0 Å². The smallest absolute Gasteiger partial charge is 0.258 e. The number of carbonyl (C=O) groups excluding carboxylic acids is 1. The molecule has 30 heavy (non-hydrogen) atoms. The second kappa shape index (κ2) is 11.8. The average molecular weight is 525 g/mol. The van der Waals surface area contributed by atoms with Gasteiger partial charge in [0.1, 0.15) is 5.75 Å². The largest absolute Gasteiger partial charge is 0.484 e. The topological polar surface area (TPSA) is 70.9 Å². The van der Waals surface area contributed by atoms with Crippen LogP contribution < -0.4 is 15.4 Å². The molecule has 0 unspecified atom stereocenters. The van der Waals surface area contributed by atoms with Gasteiger partial charge in [0, 0.05) is 38.6 Å². The third-order valence-electron chi connectivity index (χ3n) is 4.77. The summed E-state index contributed by atoms with van der Waals surface area (Å²) in [5, 5.41) is 6.27. The highest BCUT2D eigenvalue weighted by Crippen LogP contribution is 2.19. The second-order valence-corrected chi connectivity index (χ2v) is 7.41. The van der Waals surface area contributed by atoms with Crippen LogP contribution in [0.2, 0.25) is 0 Å². The number of nitrogens with zero attached hydrogens (tertiary/aromatic N) is 3. The summed E-state index contributed by atoms with van der Waals surface area (Å²) in [5.41, 5.74) is 2.26. The summed E-state index contributed by atoms with van der Waals surface area (Å²) in [6.45, 7) is 4.22. The van der Waals surface area contributed by atoms with Gasteiger partial charge in [0.2, 0.25) is 0 Å². The molecule has 1 aromatic heterocycles. The van der Waals surface area contributed by atoms with Gasteiger partial charge in [-0.15, -0.1) is 24.0 Å². The summed E-state index contributed by atoms with van der Waals surface area (Å²) in [7, 11) is 4.08. The van der Waals surface area contributed by atoms with Crippen molar-refractivity contribution in [2.75, 3.05) is 20.2 Å². The van der Waals surface area contributed by atoms with Crippen molar-refractivity contribution in [3.8, 4) is 5.75 Å². The highest BCUT2D eigenvalue weighted by molar-refractivity contribution is 14.0. The lowest BCUT2D eigenvalue weighted by Gasteiger charge is -2.22. The maximum Gasteiger partial charge on any atom is 0.258 e. The zero-order valence-electron chi connectivity index (χ0n) is 17.9. The standard InChI is InChI=1S/C22H31N5O2.HI/c1-4-23-22(27(3)15-19-8-6-12-26(19)2)24-14-17-7-5-9-20(13-17)29-16-21(28)25-18-10-11-18;/h5-9,12-13,18H,4,10-11,14-16H2,1-3H3,(H,23,24)(H,25,28);1H. The van der Waals surface area contributed by atoms with Crippen molar-refractivity contribution < 1.29 is 9.53 Å². The van der Waals surface area contributed by atoms with E-state index in [4.69, 9.17) is 9.73 Å². The SMILES string of the molecule is CCNC(=NCc1cccc(OCC(=O)NC2CC2)c1)N(C)Cc1cccn1C.I. The van der Waals surface area contributed by atoms with Crippen molar-refractivity contribution in [1.29, 1.82) is 0 Å². The Kier molecular flexibility index (Phi) is 9.48. The Morgan fingerprint density at radius 2 is 2.10 bits per heavy atom. The van der Waals surface area contributed by atoms with Crippen molar-refractivity contribution in [3.63, 3.8) is 0 Å². The Morgan fingerprint density at radius 3 is 2.77 bits per heavy atom. The fourth-order valence-electron chi connectivity index (χ4n) is 2.99. The molecule has 1 saturated carbocycles. The molecule has 0 saturated heterocycles. The first kappa shape index (κ1) is 24.0. The molecule has 1 heterocycles. The zero-order chi connectivity index (χ0) is 20.6. The molecule has 0 spiro atoms. The summed E-state index contributed by atoms with van der Waals surface area (Å²) in [4.78, 5) is 18.7. The average Bonchev–Trinajstić information content (AvgIpc) is 3.44. The van der Waals surface area contributed by atoms with E-state index in [-0.39, 0.29) is 36.5 Å². The second-order valence-electron chi connectivity index (χ2n) is 7.41. The highest BCUT2D eigenvalue weighted by atomic mass is 127. The van der Waals surface area contributed by atoms with Crippen LogP contribution in [-0.2, 0) is 24.9 Å². The van der Waals surface area contributed by atoms with E-state index in [2.05, 4.69) is 33.1 Å². The third-order valence-corrected chi connectivity index (χ3v) is 4.77. The van der Waals surface area contributed by atoms with Crippen LogP contribution in [0.1, 0.15) is 31.0 Å². The predicted molar refractivity (Wildman–Crippen MR) is 130 cm³/mol. The maximum absolute atomic E-state index is 11.8. The number of amides is 1. The fourth-order valence-corrected chi connectivity index (χ4v) is 2.99.